The molecule has 0 atom stereocenters. The second-order valence-corrected chi connectivity index (χ2v) is 5.76. The number of aromatic carboxylic acids is 1. The van der Waals surface area contributed by atoms with E-state index >= 15 is 0 Å². The molecule has 2 rings (SSSR count). The molecular weight excluding hydrogens is 284 g/mol. The lowest BCUT2D eigenvalue weighted by Crippen LogP contribution is -2.24. The zero-order valence-electron chi connectivity index (χ0n) is 10.5. The maximum atomic E-state index is 12.0. The minimum Gasteiger partial charge on any atom is -0.478 e. The highest BCUT2D eigenvalue weighted by molar-refractivity contribution is 7.89. The number of nitrogens with one attached hydrogen (secondary N) is 2. The van der Waals surface area contributed by atoms with Gasteiger partial charge in [-0.15, -0.1) is 0 Å². The van der Waals surface area contributed by atoms with E-state index in [1.807, 2.05) is 0 Å². The third-order valence-corrected chi connectivity index (χ3v) is 4.10. The summed E-state index contributed by atoms with van der Waals surface area (Å²) in [5, 5.41) is 15.0. The van der Waals surface area contributed by atoms with Gasteiger partial charge in [-0.1, -0.05) is 0 Å². The summed E-state index contributed by atoms with van der Waals surface area (Å²) in [6.45, 7) is 1.49. The van der Waals surface area contributed by atoms with Crippen molar-refractivity contribution in [1.82, 2.24) is 19.9 Å². The Morgan fingerprint density at radius 3 is 2.85 bits per heavy atom. The average molecular weight is 296 g/mol. The summed E-state index contributed by atoms with van der Waals surface area (Å²) in [5.74, 6) is -1.10. The van der Waals surface area contributed by atoms with Crippen LogP contribution in [0.4, 0.5) is 0 Å². The number of carboxylic acids is 1. The number of aryl methyl sites for hydroxylation is 1. The lowest BCUT2D eigenvalue weighted by Gasteiger charge is -2.05. The summed E-state index contributed by atoms with van der Waals surface area (Å²) in [7, 11) is -3.71. The lowest BCUT2D eigenvalue weighted by molar-refractivity contribution is 0.0696. The number of nitrogens with zero attached hydrogens (tertiary/aromatic N) is 2. The van der Waals surface area contributed by atoms with E-state index in [1.54, 1.807) is 6.92 Å². The van der Waals surface area contributed by atoms with Crippen molar-refractivity contribution >= 4 is 16.0 Å². The second-order valence-electron chi connectivity index (χ2n) is 4.02. The van der Waals surface area contributed by atoms with Crippen molar-refractivity contribution < 1.29 is 18.3 Å². The van der Waals surface area contributed by atoms with E-state index in [1.165, 1.54) is 24.5 Å². The number of carboxylic acid groups (broad SMARTS) is 1. The molecule has 2 aromatic rings. The van der Waals surface area contributed by atoms with E-state index in [9.17, 15) is 13.2 Å². The van der Waals surface area contributed by atoms with Gasteiger partial charge in [0.2, 0.25) is 10.0 Å². The number of rotatable bonds is 5. The third kappa shape index (κ3) is 3.00. The van der Waals surface area contributed by atoms with E-state index in [0.29, 0.717) is 11.4 Å². The summed E-state index contributed by atoms with van der Waals surface area (Å²) in [4.78, 5) is 14.8. The van der Waals surface area contributed by atoms with E-state index in [2.05, 4.69) is 19.9 Å². The van der Waals surface area contributed by atoms with Gasteiger partial charge in [-0.2, -0.15) is 5.10 Å². The maximum Gasteiger partial charge on any atom is 0.335 e. The fourth-order valence-corrected chi connectivity index (χ4v) is 2.70. The molecule has 2 heterocycles. The Balaban J connectivity index is 2.15. The van der Waals surface area contributed by atoms with Crippen molar-refractivity contribution in [1.29, 1.82) is 0 Å². The Kier molecular flexibility index (Phi) is 3.81. The van der Waals surface area contributed by atoms with Gasteiger partial charge in [0.05, 0.1) is 29.7 Å². The predicted molar refractivity (Wildman–Crippen MR) is 68.5 cm³/mol. The first-order valence-electron chi connectivity index (χ1n) is 5.58. The van der Waals surface area contributed by atoms with Crippen LogP contribution in [0, 0.1) is 6.92 Å². The van der Waals surface area contributed by atoms with Crippen molar-refractivity contribution in [2.24, 2.45) is 0 Å². The SMILES string of the molecule is Cc1[nH]ncc1S(=O)(=O)NCc1cc(C(=O)O)ccn1. The normalized spacial score (nSPS) is 11.4. The van der Waals surface area contributed by atoms with Crippen LogP contribution >= 0.6 is 0 Å². The van der Waals surface area contributed by atoms with Gasteiger partial charge in [0.25, 0.3) is 0 Å². The van der Waals surface area contributed by atoms with Gasteiger partial charge in [-0.25, -0.2) is 17.9 Å². The number of aromatic amines is 1. The fourth-order valence-electron chi connectivity index (χ4n) is 1.57. The Morgan fingerprint density at radius 2 is 2.25 bits per heavy atom. The van der Waals surface area contributed by atoms with Crippen molar-refractivity contribution in [2.45, 2.75) is 18.4 Å². The maximum absolute atomic E-state index is 12.0. The zero-order valence-corrected chi connectivity index (χ0v) is 11.3. The summed E-state index contributed by atoms with van der Waals surface area (Å²) in [6.07, 6.45) is 2.52. The van der Waals surface area contributed by atoms with E-state index < -0.39 is 16.0 Å². The van der Waals surface area contributed by atoms with Crippen molar-refractivity contribution in [3.63, 3.8) is 0 Å². The van der Waals surface area contributed by atoms with Crippen LogP contribution in [0.25, 0.3) is 0 Å². The molecule has 0 aliphatic rings. The Labute approximate surface area is 114 Å². The summed E-state index contributed by atoms with van der Waals surface area (Å²) in [6, 6.07) is 2.65. The van der Waals surface area contributed by atoms with Gasteiger partial charge in [-0.3, -0.25) is 10.1 Å². The summed E-state index contributed by atoms with van der Waals surface area (Å²) < 4.78 is 26.3. The van der Waals surface area contributed by atoms with Crippen LogP contribution < -0.4 is 4.72 Å². The van der Waals surface area contributed by atoms with Crippen LogP contribution in [0.15, 0.2) is 29.4 Å². The van der Waals surface area contributed by atoms with Crippen LogP contribution in [0.3, 0.4) is 0 Å². The molecular formula is C11H12N4O4S. The molecule has 0 aliphatic heterocycles. The van der Waals surface area contributed by atoms with Gasteiger partial charge < -0.3 is 5.11 Å². The molecule has 0 spiro atoms. The zero-order chi connectivity index (χ0) is 14.8. The molecule has 3 N–H and O–H groups in total. The molecule has 0 aromatic carbocycles. The van der Waals surface area contributed by atoms with Crippen LogP contribution in [0.1, 0.15) is 21.7 Å². The quantitative estimate of drug-likeness (QED) is 0.728. The minimum absolute atomic E-state index is 0.0480. The first-order valence-corrected chi connectivity index (χ1v) is 7.06. The largest absolute Gasteiger partial charge is 0.478 e. The van der Waals surface area contributed by atoms with Gasteiger partial charge in [0.1, 0.15) is 4.90 Å². The average Bonchev–Trinajstić information content (AvgIpc) is 2.84. The number of hydrogen-bond donors (Lipinski definition) is 3. The van der Waals surface area contributed by atoms with E-state index in [0.717, 1.165) is 0 Å². The highest BCUT2D eigenvalue weighted by Gasteiger charge is 2.18. The Bertz CT molecular complexity index is 738. The molecule has 0 unspecified atom stereocenters. The molecule has 0 bridgehead atoms. The van der Waals surface area contributed by atoms with Crippen molar-refractivity contribution in [3.8, 4) is 0 Å². The van der Waals surface area contributed by atoms with Crippen LogP contribution in [-0.4, -0.2) is 34.7 Å². The topological polar surface area (TPSA) is 125 Å². The minimum atomic E-state index is -3.71. The number of hydrogen-bond acceptors (Lipinski definition) is 5. The second kappa shape index (κ2) is 5.39. The van der Waals surface area contributed by atoms with Crippen LogP contribution in [-0.2, 0) is 16.6 Å². The monoisotopic (exact) mass is 296 g/mol. The van der Waals surface area contributed by atoms with Crippen LogP contribution in [0.5, 0.6) is 0 Å². The standard InChI is InChI=1S/C11H12N4O4S/c1-7-10(6-13-15-7)20(18,19)14-5-9-4-8(11(16)17)2-3-12-9/h2-4,6,14H,5H2,1H3,(H,13,15)(H,16,17). The first kappa shape index (κ1) is 14.2. The Hall–Kier alpha value is -2.26. The van der Waals surface area contributed by atoms with Gasteiger partial charge in [-0.05, 0) is 19.1 Å². The number of H-pyrrole nitrogens is 1. The number of carbonyl (C=O) groups is 1. The number of pyridine rings is 1. The van der Waals surface area contributed by atoms with Gasteiger partial charge in [0, 0.05) is 6.20 Å². The molecule has 20 heavy (non-hydrogen) atoms. The van der Waals surface area contributed by atoms with Crippen molar-refractivity contribution in [3.05, 3.63) is 41.5 Å². The fraction of sp³-hybridized carbons (Fsp3) is 0.182. The number of aromatic nitrogens is 3. The highest BCUT2D eigenvalue weighted by Crippen LogP contribution is 2.11. The molecule has 2 aromatic heterocycles. The summed E-state index contributed by atoms with van der Waals surface area (Å²) >= 11 is 0. The van der Waals surface area contributed by atoms with E-state index in [-0.39, 0.29) is 17.0 Å². The van der Waals surface area contributed by atoms with Gasteiger partial charge in [0.15, 0.2) is 0 Å². The van der Waals surface area contributed by atoms with E-state index in [4.69, 9.17) is 5.11 Å². The third-order valence-electron chi connectivity index (χ3n) is 2.58. The first-order chi connectivity index (χ1) is 9.40. The van der Waals surface area contributed by atoms with Gasteiger partial charge >= 0.3 is 5.97 Å². The molecule has 0 fully saturated rings. The molecule has 106 valence electrons. The Morgan fingerprint density at radius 1 is 1.50 bits per heavy atom. The molecule has 8 nitrogen and oxygen atoms in total. The smallest absolute Gasteiger partial charge is 0.335 e. The van der Waals surface area contributed by atoms with Crippen LogP contribution in [0.2, 0.25) is 0 Å². The lowest BCUT2D eigenvalue weighted by atomic mass is 10.2. The molecule has 0 saturated carbocycles. The molecule has 0 aliphatic carbocycles. The molecule has 0 amide bonds. The molecule has 9 heteroatoms. The molecule has 0 radical (unpaired) electrons. The highest BCUT2D eigenvalue weighted by atomic mass is 32.2. The number of sulfonamides is 1. The van der Waals surface area contributed by atoms with Crippen molar-refractivity contribution in [2.75, 3.05) is 0 Å². The summed E-state index contributed by atoms with van der Waals surface area (Å²) in [5.41, 5.74) is 0.785. The molecule has 0 saturated heterocycles. The predicted octanol–water partition coefficient (Wildman–Crippen LogP) is 0.290.